The number of rotatable bonds is 6. The van der Waals surface area contributed by atoms with Crippen molar-refractivity contribution in [2.75, 3.05) is 19.7 Å². The Morgan fingerprint density at radius 3 is 2.48 bits per heavy atom. The average Bonchev–Trinajstić information content (AvgIpc) is 2.89. The first-order valence-electron chi connectivity index (χ1n) is 8.61. The van der Waals surface area contributed by atoms with Crippen LogP contribution >= 0.6 is 11.6 Å². The maximum absolute atomic E-state index is 12.9. The minimum atomic E-state index is -3.74. The number of amides is 1. The van der Waals surface area contributed by atoms with Gasteiger partial charge in [-0.3, -0.25) is 4.79 Å². The zero-order chi connectivity index (χ0) is 18.4. The molecule has 0 saturated carbocycles. The van der Waals surface area contributed by atoms with Crippen LogP contribution in [0.1, 0.15) is 49.4 Å². The molecule has 1 aliphatic heterocycles. The quantitative estimate of drug-likeness (QED) is 0.783. The minimum absolute atomic E-state index is 0.0410. The molecular formula is C17H25ClN2O4S. The highest BCUT2D eigenvalue weighted by Crippen LogP contribution is 2.27. The third-order valence-electron chi connectivity index (χ3n) is 4.42. The molecule has 1 amide bonds. The maximum Gasteiger partial charge on any atom is 0.251 e. The molecule has 1 saturated heterocycles. The summed E-state index contributed by atoms with van der Waals surface area (Å²) in [6, 6.07) is 3.88. The number of hydrogen-bond acceptors (Lipinski definition) is 4. The summed E-state index contributed by atoms with van der Waals surface area (Å²) >= 11 is 6.13. The van der Waals surface area contributed by atoms with E-state index in [1.165, 1.54) is 22.5 Å². The maximum atomic E-state index is 12.9. The molecule has 1 aromatic rings. The fourth-order valence-electron chi connectivity index (χ4n) is 2.81. The number of sulfonamides is 1. The van der Waals surface area contributed by atoms with E-state index in [1.807, 2.05) is 6.92 Å². The number of aliphatic hydroxyl groups is 1. The van der Waals surface area contributed by atoms with Gasteiger partial charge >= 0.3 is 0 Å². The molecule has 1 aliphatic rings. The summed E-state index contributed by atoms with van der Waals surface area (Å²) in [6.45, 7) is 2.61. The molecule has 0 unspecified atom stereocenters. The lowest BCUT2D eigenvalue weighted by Crippen LogP contribution is -2.37. The highest BCUT2D eigenvalue weighted by molar-refractivity contribution is 7.89. The van der Waals surface area contributed by atoms with Crippen LogP contribution in [-0.4, -0.2) is 49.5 Å². The van der Waals surface area contributed by atoms with Crippen LogP contribution in [0.25, 0.3) is 0 Å². The highest BCUT2D eigenvalue weighted by Gasteiger charge is 2.28. The van der Waals surface area contributed by atoms with E-state index in [9.17, 15) is 18.3 Å². The second-order valence-corrected chi connectivity index (χ2v) is 8.54. The zero-order valence-electron chi connectivity index (χ0n) is 14.4. The Hall–Kier alpha value is -1.15. The van der Waals surface area contributed by atoms with Gasteiger partial charge in [-0.15, -0.1) is 0 Å². The third kappa shape index (κ3) is 4.94. The lowest BCUT2D eigenvalue weighted by atomic mass is 10.2. The van der Waals surface area contributed by atoms with Crippen molar-refractivity contribution in [3.63, 3.8) is 0 Å². The Morgan fingerprint density at radius 1 is 1.28 bits per heavy atom. The van der Waals surface area contributed by atoms with Crippen LogP contribution in [0, 0.1) is 0 Å². The second-order valence-electron chi connectivity index (χ2n) is 6.22. The Morgan fingerprint density at radius 2 is 1.92 bits per heavy atom. The van der Waals surface area contributed by atoms with Gasteiger partial charge in [0.05, 0.1) is 17.7 Å². The van der Waals surface area contributed by atoms with Crippen molar-refractivity contribution < 1.29 is 18.3 Å². The predicted octanol–water partition coefficient (Wildman–Crippen LogP) is 2.41. The summed E-state index contributed by atoms with van der Waals surface area (Å²) < 4.78 is 27.3. The molecular weight excluding hydrogens is 364 g/mol. The van der Waals surface area contributed by atoms with E-state index in [1.54, 1.807) is 0 Å². The molecule has 0 aromatic heterocycles. The monoisotopic (exact) mass is 388 g/mol. The van der Waals surface area contributed by atoms with E-state index < -0.39 is 15.9 Å². The van der Waals surface area contributed by atoms with Gasteiger partial charge in [0, 0.05) is 18.7 Å². The lowest BCUT2D eigenvalue weighted by molar-refractivity contribution is 0.0914. The summed E-state index contributed by atoms with van der Waals surface area (Å²) in [7, 11) is -3.74. The fraction of sp³-hybridized carbons (Fsp3) is 0.588. The normalized spacial score (nSPS) is 17.7. The molecule has 2 N–H and O–H groups in total. The number of nitrogens with one attached hydrogen (secondary N) is 1. The summed E-state index contributed by atoms with van der Waals surface area (Å²) in [5.41, 5.74) is 0.213. The van der Waals surface area contributed by atoms with Gasteiger partial charge in [-0.05, 0) is 37.5 Å². The Bertz CT molecular complexity index is 697. The molecule has 0 aliphatic carbocycles. The largest absolute Gasteiger partial charge is 0.394 e. The Balaban J connectivity index is 2.30. The van der Waals surface area contributed by atoms with Crippen molar-refractivity contribution in [3.05, 3.63) is 28.8 Å². The summed E-state index contributed by atoms with van der Waals surface area (Å²) in [5, 5.41) is 12.0. The lowest BCUT2D eigenvalue weighted by Gasteiger charge is -2.21. The SMILES string of the molecule is CC[C@@H](CO)NC(=O)c1ccc(Cl)c(S(=O)(=O)N2CCCCCC2)c1. The van der Waals surface area contributed by atoms with E-state index in [2.05, 4.69) is 5.32 Å². The smallest absolute Gasteiger partial charge is 0.251 e. The molecule has 0 bridgehead atoms. The number of aliphatic hydroxyl groups excluding tert-OH is 1. The number of benzene rings is 1. The molecule has 1 atom stereocenters. The van der Waals surface area contributed by atoms with E-state index >= 15 is 0 Å². The van der Waals surface area contributed by atoms with Gasteiger partial charge in [0.1, 0.15) is 4.90 Å². The predicted molar refractivity (Wildman–Crippen MR) is 97.3 cm³/mol. The summed E-state index contributed by atoms with van der Waals surface area (Å²) in [5.74, 6) is -0.426. The van der Waals surface area contributed by atoms with Gasteiger partial charge in [0.2, 0.25) is 10.0 Å². The minimum Gasteiger partial charge on any atom is -0.394 e. The molecule has 140 valence electrons. The van der Waals surface area contributed by atoms with Crippen LogP contribution in [0.4, 0.5) is 0 Å². The van der Waals surface area contributed by atoms with Gasteiger partial charge in [0.15, 0.2) is 0 Å². The molecule has 1 aromatic carbocycles. The van der Waals surface area contributed by atoms with Crippen molar-refractivity contribution in [1.29, 1.82) is 0 Å². The standard InChI is InChI=1S/C17H25ClN2O4S/c1-2-14(12-21)19-17(22)13-7-8-15(18)16(11-13)25(23,24)20-9-5-3-4-6-10-20/h7-8,11,14,21H,2-6,9-10,12H2,1H3,(H,19,22)/t14-/m0/s1. The molecule has 2 rings (SSSR count). The van der Waals surface area contributed by atoms with Crippen molar-refractivity contribution >= 4 is 27.5 Å². The van der Waals surface area contributed by atoms with E-state index in [-0.39, 0.29) is 28.1 Å². The van der Waals surface area contributed by atoms with Crippen LogP contribution < -0.4 is 5.32 Å². The van der Waals surface area contributed by atoms with Crippen LogP contribution in [0.15, 0.2) is 23.1 Å². The van der Waals surface area contributed by atoms with Crippen molar-refractivity contribution in [2.24, 2.45) is 0 Å². The van der Waals surface area contributed by atoms with Gasteiger partial charge < -0.3 is 10.4 Å². The molecule has 0 spiro atoms. The van der Waals surface area contributed by atoms with Crippen LogP contribution in [-0.2, 0) is 10.0 Å². The molecule has 25 heavy (non-hydrogen) atoms. The van der Waals surface area contributed by atoms with Gasteiger partial charge in [0.25, 0.3) is 5.91 Å². The fourth-order valence-corrected chi connectivity index (χ4v) is 4.83. The first-order valence-corrected chi connectivity index (χ1v) is 10.4. The van der Waals surface area contributed by atoms with Gasteiger partial charge in [-0.1, -0.05) is 31.4 Å². The number of carbonyl (C=O) groups excluding carboxylic acids is 1. The number of hydrogen-bond donors (Lipinski definition) is 2. The first kappa shape index (κ1) is 20.2. The molecule has 0 radical (unpaired) electrons. The first-order chi connectivity index (χ1) is 11.9. The van der Waals surface area contributed by atoms with Crippen LogP contribution in [0.2, 0.25) is 5.02 Å². The Labute approximate surface area is 154 Å². The molecule has 6 nitrogen and oxygen atoms in total. The highest BCUT2D eigenvalue weighted by atomic mass is 35.5. The van der Waals surface area contributed by atoms with E-state index in [4.69, 9.17) is 11.6 Å². The number of carbonyl (C=O) groups is 1. The Kier molecular flexibility index (Phi) is 7.25. The van der Waals surface area contributed by atoms with E-state index in [0.717, 1.165) is 25.7 Å². The third-order valence-corrected chi connectivity index (χ3v) is 6.80. The van der Waals surface area contributed by atoms with Crippen molar-refractivity contribution in [1.82, 2.24) is 9.62 Å². The van der Waals surface area contributed by atoms with Crippen LogP contribution in [0.5, 0.6) is 0 Å². The molecule has 1 fully saturated rings. The van der Waals surface area contributed by atoms with Crippen molar-refractivity contribution in [3.8, 4) is 0 Å². The van der Waals surface area contributed by atoms with Crippen molar-refractivity contribution in [2.45, 2.75) is 50.0 Å². The summed E-state index contributed by atoms with van der Waals surface area (Å²) in [6.07, 6.45) is 4.26. The van der Waals surface area contributed by atoms with Gasteiger partial charge in [-0.25, -0.2) is 8.42 Å². The average molecular weight is 389 g/mol. The number of halogens is 1. The zero-order valence-corrected chi connectivity index (χ0v) is 15.9. The van der Waals surface area contributed by atoms with E-state index in [0.29, 0.717) is 19.5 Å². The topological polar surface area (TPSA) is 86.7 Å². The number of nitrogens with zero attached hydrogens (tertiary/aromatic N) is 1. The van der Waals surface area contributed by atoms with Gasteiger partial charge in [-0.2, -0.15) is 4.31 Å². The molecule has 1 heterocycles. The summed E-state index contributed by atoms with van der Waals surface area (Å²) in [4.78, 5) is 12.3. The second kappa shape index (κ2) is 8.98. The van der Waals surface area contributed by atoms with Crippen LogP contribution in [0.3, 0.4) is 0 Å². The molecule has 8 heteroatoms.